The second kappa shape index (κ2) is 4.80. The van der Waals surface area contributed by atoms with Crippen LogP contribution in [0.5, 0.6) is 0 Å². The molecule has 1 aromatic carbocycles. The molecule has 0 bridgehead atoms. The topological polar surface area (TPSA) is 75.4 Å². The summed E-state index contributed by atoms with van der Waals surface area (Å²) in [5.74, 6) is -0.330. The smallest absolute Gasteiger partial charge is 0.277 e. The maximum atomic E-state index is 11.6. The van der Waals surface area contributed by atoms with Crippen LogP contribution in [0.2, 0.25) is 0 Å². The van der Waals surface area contributed by atoms with Crippen molar-refractivity contribution in [2.24, 2.45) is 0 Å². The normalized spacial score (nSPS) is 12.1. The number of anilines is 1. The predicted octanol–water partition coefficient (Wildman–Crippen LogP) is 1.98. The van der Waals surface area contributed by atoms with Crippen molar-refractivity contribution in [3.05, 3.63) is 47.9 Å². The van der Waals surface area contributed by atoms with Crippen LogP contribution in [0, 0.1) is 0 Å². The maximum Gasteiger partial charge on any atom is 0.277 e. The van der Waals surface area contributed by atoms with Crippen LogP contribution in [0.1, 0.15) is 29.1 Å². The SMILES string of the molecule is CC(O)c1ccc(NC(=O)c2ccon2)cc1. The first kappa shape index (κ1) is 11.3. The highest BCUT2D eigenvalue weighted by Gasteiger charge is 2.09. The van der Waals surface area contributed by atoms with Gasteiger partial charge in [-0.25, -0.2) is 0 Å². The van der Waals surface area contributed by atoms with E-state index in [0.717, 1.165) is 5.56 Å². The fourth-order valence-corrected chi connectivity index (χ4v) is 1.37. The van der Waals surface area contributed by atoms with Gasteiger partial charge >= 0.3 is 0 Å². The molecule has 0 aliphatic carbocycles. The van der Waals surface area contributed by atoms with Gasteiger partial charge in [0.2, 0.25) is 0 Å². The van der Waals surface area contributed by atoms with E-state index in [-0.39, 0.29) is 11.6 Å². The largest absolute Gasteiger partial charge is 0.389 e. The van der Waals surface area contributed by atoms with E-state index >= 15 is 0 Å². The second-order valence-corrected chi connectivity index (χ2v) is 3.64. The lowest BCUT2D eigenvalue weighted by Crippen LogP contribution is -2.12. The molecule has 0 radical (unpaired) electrons. The van der Waals surface area contributed by atoms with Gasteiger partial charge in [-0.15, -0.1) is 0 Å². The zero-order chi connectivity index (χ0) is 12.3. The van der Waals surface area contributed by atoms with Gasteiger partial charge in [0.25, 0.3) is 5.91 Å². The van der Waals surface area contributed by atoms with Gasteiger partial charge < -0.3 is 14.9 Å². The van der Waals surface area contributed by atoms with Crippen molar-refractivity contribution in [1.82, 2.24) is 5.16 Å². The van der Waals surface area contributed by atoms with Gasteiger partial charge in [-0.3, -0.25) is 4.79 Å². The summed E-state index contributed by atoms with van der Waals surface area (Å²) >= 11 is 0. The lowest BCUT2D eigenvalue weighted by molar-refractivity contribution is 0.101. The minimum Gasteiger partial charge on any atom is -0.389 e. The van der Waals surface area contributed by atoms with E-state index in [9.17, 15) is 9.90 Å². The molecule has 2 aromatic rings. The maximum absolute atomic E-state index is 11.6. The highest BCUT2D eigenvalue weighted by Crippen LogP contribution is 2.16. The number of rotatable bonds is 3. The Bertz CT molecular complexity index is 489. The predicted molar refractivity (Wildman–Crippen MR) is 61.5 cm³/mol. The number of hydrogen-bond donors (Lipinski definition) is 2. The van der Waals surface area contributed by atoms with Crippen molar-refractivity contribution < 1.29 is 14.4 Å². The standard InChI is InChI=1S/C12H12N2O3/c1-8(15)9-2-4-10(5-3-9)13-12(16)11-6-7-17-14-11/h2-8,15H,1H3,(H,13,16). The van der Waals surface area contributed by atoms with Gasteiger partial charge in [-0.2, -0.15) is 0 Å². The third kappa shape index (κ3) is 2.70. The number of aromatic nitrogens is 1. The van der Waals surface area contributed by atoms with E-state index in [1.54, 1.807) is 31.2 Å². The Hall–Kier alpha value is -2.14. The number of amides is 1. The molecule has 1 unspecified atom stereocenters. The Balaban J connectivity index is 2.07. The van der Waals surface area contributed by atoms with E-state index in [0.29, 0.717) is 5.69 Å². The molecule has 88 valence electrons. The van der Waals surface area contributed by atoms with Crippen molar-refractivity contribution in [3.8, 4) is 0 Å². The number of aliphatic hydroxyl groups is 1. The monoisotopic (exact) mass is 232 g/mol. The Labute approximate surface area is 98.1 Å². The summed E-state index contributed by atoms with van der Waals surface area (Å²) in [6, 6.07) is 8.44. The summed E-state index contributed by atoms with van der Waals surface area (Å²) in [4.78, 5) is 11.6. The molecule has 1 aromatic heterocycles. The summed E-state index contributed by atoms with van der Waals surface area (Å²) in [6.45, 7) is 1.68. The minimum atomic E-state index is -0.518. The zero-order valence-corrected chi connectivity index (χ0v) is 9.25. The van der Waals surface area contributed by atoms with E-state index in [4.69, 9.17) is 0 Å². The second-order valence-electron chi connectivity index (χ2n) is 3.64. The van der Waals surface area contributed by atoms with Crippen LogP contribution in [0.25, 0.3) is 0 Å². The summed E-state index contributed by atoms with van der Waals surface area (Å²) < 4.78 is 4.58. The molecule has 0 aliphatic heterocycles. The molecule has 0 aliphatic rings. The van der Waals surface area contributed by atoms with Crippen molar-refractivity contribution in [2.45, 2.75) is 13.0 Å². The van der Waals surface area contributed by atoms with Gasteiger partial charge in [0, 0.05) is 11.8 Å². The highest BCUT2D eigenvalue weighted by atomic mass is 16.5. The first-order valence-corrected chi connectivity index (χ1v) is 5.16. The van der Waals surface area contributed by atoms with Crippen LogP contribution >= 0.6 is 0 Å². The van der Waals surface area contributed by atoms with Crippen molar-refractivity contribution >= 4 is 11.6 Å². The van der Waals surface area contributed by atoms with Crippen LogP contribution in [0.4, 0.5) is 5.69 Å². The molecule has 1 amide bonds. The first-order chi connectivity index (χ1) is 8.16. The van der Waals surface area contributed by atoms with Gasteiger partial charge in [-0.1, -0.05) is 17.3 Å². The summed E-state index contributed by atoms with van der Waals surface area (Å²) in [5, 5.41) is 15.5. The summed E-state index contributed by atoms with van der Waals surface area (Å²) in [7, 11) is 0. The van der Waals surface area contributed by atoms with Gasteiger partial charge in [0.15, 0.2) is 5.69 Å². The Kier molecular flexibility index (Phi) is 3.20. The average molecular weight is 232 g/mol. The molecule has 5 heteroatoms. The number of nitrogens with zero attached hydrogens (tertiary/aromatic N) is 1. The van der Waals surface area contributed by atoms with E-state index in [1.165, 1.54) is 12.3 Å². The number of aliphatic hydroxyl groups excluding tert-OH is 1. The molecular weight excluding hydrogens is 220 g/mol. The number of benzene rings is 1. The molecule has 0 spiro atoms. The number of nitrogens with one attached hydrogen (secondary N) is 1. The summed E-state index contributed by atoms with van der Waals surface area (Å²) in [6.07, 6.45) is 0.820. The molecule has 0 fully saturated rings. The zero-order valence-electron chi connectivity index (χ0n) is 9.25. The summed E-state index contributed by atoms with van der Waals surface area (Å²) in [5.41, 5.74) is 1.66. The number of carbonyl (C=O) groups excluding carboxylic acids is 1. The molecule has 1 heterocycles. The molecule has 0 saturated carbocycles. The lowest BCUT2D eigenvalue weighted by Gasteiger charge is -2.06. The molecule has 1 atom stereocenters. The molecule has 2 N–H and O–H groups in total. The van der Waals surface area contributed by atoms with Crippen LogP contribution < -0.4 is 5.32 Å². The van der Waals surface area contributed by atoms with Gasteiger partial charge in [0.05, 0.1) is 6.10 Å². The Morgan fingerprint density at radius 2 is 2.06 bits per heavy atom. The number of hydrogen-bond acceptors (Lipinski definition) is 4. The van der Waals surface area contributed by atoms with Crippen LogP contribution in [-0.2, 0) is 0 Å². The quantitative estimate of drug-likeness (QED) is 0.848. The molecular formula is C12H12N2O3. The van der Waals surface area contributed by atoms with Crippen LogP contribution in [0.3, 0.4) is 0 Å². The Morgan fingerprint density at radius 3 is 2.59 bits per heavy atom. The highest BCUT2D eigenvalue weighted by molar-refractivity contribution is 6.02. The van der Waals surface area contributed by atoms with Crippen molar-refractivity contribution in [1.29, 1.82) is 0 Å². The van der Waals surface area contributed by atoms with E-state index in [1.807, 2.05) is 0 Å². The fraction of sp³-hybridized carbons (Fsp3) is 0.167. The number of carbonyl (C=O) groups is 1. The van der Waals surface area contributed by atoms with Crippen LogP contribution in [0.15, 0.2) is 41.1 Å². The Morgan fingerprint density at radius 1 is 1.35 bits per heavy atom. The first-order valence-electron chi connectivity index (χ1n) is 5.16. The molecule has 2 rings (SSSR count). The van der Waals surface area contributed by atoms with Crippen molar-refractivity contribution in [2.75, 3.05) is 5.32 Å². The van der Waals surface area contributed by atoms with Gasteiger partial charge in [0.1, 0.15) is 6.26 Å². The van der Waals surface area contributed by atoms with Crippen LogP contribution in [-0.4, -0.2) is 16.2 Å². The van der Waals surface area contributed by atoms with E-state index < -0.39 is 6.10 Å². The third-order valence-electron chi connectivity index (χ3n) is 2.32. The molecule has 5 nitrogen and oxygen atoms in total. The minimum absolute atomic E-state index is 0.226. The fourth-order valence-electron chi connectivity index (χ4n) is 1.37. The van der Waals surface area contributed by atoms with Gasteiger partial charge in [-0.05, 0) is 24.6 Å². The van der Waals surface area contributed by atoms with Crippen molar-refractivity contribution in [3.63, 3.8) is 0 Å². The third-order valence-corrected chi connectivity index (χ3v) is 2.32. The van der Waals surface area contributed by atoms with E-state index in [2.05, 4.69) is 15.0 Å². The molecule has 0 saturated heterocycles. The lowest BCUT2D eigenvalue weighted by atomic mass is 10.1. The average Bonchev–Trinajstić information content (AvgIpc) is 2.83. The molecule has 17 heavy (non-hydrogen) atoms.